The van der Waals surface area contributed by atoms with Gasteiger partial charge in [0.1, 0.15) is 0 Å². The third kappa shape index (κ3) is 3.33. The van der Waals surface area contributed by atoms with Crippen LogP contribution in [0.5, 0.6) is 0 Å². The van der Waals surface area contributed by atoms with Gasteiger partial charge in [0, 0.05) is 0 Å². The Bertz CT molecular complexity index is 54.5. The average molecular weight is 134 g/mol. The van der Waals surface area contributed by atoms with Crippen molar-refractivity contribution in [1.82, 2.24) is 0 Å². The highest BCUT2D eigenvalue weighted by molar-refractivity contribution is 7.80. The zero-order valence-corrected chi connectivity index (χ0v) is 6.36. The highest BCUT2D eigenvalue weighted by Gasteiger charge is 2.06. The number of hydrogen-bond acceptors (Lipinski definition) is 2. The predicted molar refractivity (Wildman–Crippen MR) is 39.1 cm³/mol. The second-order valence-corrected chi connectivity index (χ2v) is 2.71. The van der Waals surface area contributed by atoms with Crippen LogP contribution in [-0.4, -0.2) is 10.5 Å². The lowest BCUT2D eigenvalue weighted by molar-refractivity contribution is 0.197. The van der Waals surface area contributed by atoms with Crippen LogP contribution in [0.15, 0.2) is 0 Å². The van der Waals surface area contributed by atoms with Crippen molar-refractivity contribution in [3.05, 3.63) is 0 Å². The van der Waals surface area contributed by atoms with E-state index >= 15 is 0 Å². The first-order valence-corrected chi connectivity index (χ1v) is 3.56. The molecule has 0 saturated heterocycles. The van der Waals surface area contributed by atoms with Gasteiger partial charge in [-0.05, 0) is 12.3 Å². The average Bonchev–Trinajstić information content (AvgIpc) is 1.67. The van der Waals surface area contributed by atoms with Crippen LogP contribution in [0.25, 0.3) is 0 Å². The van der Waals surface area contributed by atoms with E-state index in [4.69, 9.17) is 5.11 Å². The van der Waals surface area contributed by atoms with Crippen molar-refractivity contribution in [3.63, 3.8) is 0 Å². The lowest BCUT2D eigenvalue weighted by atomic mass is 10.1. The minimum atomic E-state index is -0.435. The van der Waals surface area contributed by atoms with Crippen molar-refractivity contribution in [2.75, 3.05) is 0 Å². The maximum Gasteiger partial charge on any atom is 0.0990 e. The first-order chi connectivity index (χ1) is 3.68. The minimum Gasteiger partial charge on any atom is -0.382 e. The zero-order chi connectivity index (χ0) is 6.57. The van der Waals surface area contributed by atoms with E-state index in [1.54, 1.807) is 0 Å². The second-order valence-electron chi connectivity index (χ2n) is 2.18. The third-order valence-corrected chi connectivity index (χ3v) is 1.76. The molecule has 0 saturated carbocycles. The topological polar surface area (TPSA) is 20.2 Å². The lowest BCUT2D eigenvalue weighted by Crippen LogP contribution is -2.09. The van der Waals surface area contributed by atoms with Crippen LogP contribution in [0, 0.1) is 5.92 Å². The van der Waals surface area contributed by atoms with E-state index < -0.39 is 5.44 Å². The summed E-state index contributed by atoms with van der Waals surface area (Å²) in [6.45, 7) is 4.10. The zero-order valence-electron chi connectivity index (χ0n) is 5.46. The fourth-order valence-electron chi connectivity index (χ4n) is 0.604. The van der Waals surface area contributed by atoms with E-state index in [2.05, 4.69) is 19.6 Å². The molecule has 0 bridgehead atoms. The summed E-state index contributed by atoms with van der Waals surface area (Å²) in [6, 6.07) is 0. The predicted octanol–water partition coefficient (Wildman–Crippen LogP) is 1.67. The summed E-state index contributed by atoms with van der Waals surface area (Å²) in [5.41, 5.74) is -0.435. The summed E-state index contributed by atoms with van der Waals surface area (Å²) in [5.74, 6) is 0.336. The van der Waals surface area contributed by atoms with Gasteiger partial charge in [-0.3, -0.25) is 0 Å². The van der Waals surface area contributed by atoms with E-state index in [1.807, 2.05) is 6.92 Å². The third-order valence-electron chi connectivity index (χ3n) is 1.25. The van der Waals surface area contributed by atoms with Gasteiger partial charge in [0.25, 0.3) is 0 Å². The summed E-state index contributed by atoms with van der Waals surface area (Å²) in [4.78, 5) is 0. The molecule has 1 nitrogen and oxygen atoms in total. The van der Waals surface area contributed by atoms with Crippen LogP contribution in [-0.2, 0) is 0 Å². The Hall–Kier alpha value is 0.310. The smallest absolute Gasteiger partial charge is 0.0990 e. The molecule has 0 aromatic rings. The number of hydrogen-bond donors (Lipinski definition) is 2. The standard InChI is InChI=1S/C6H14OS/c1-3-4-5(2)6(7)8/h5-8H,3-4H2,1-2H3. The molecule has 0 spiro atoms. The summed E-state index contributed by atoms with van der Waals surface area (Å²) >= 11 is 3.88. The number of thiol groups is 1. The van der Waals surface area contributed by atoms with Gasteiger partial charge in [-0.2, -0.15) is 0 Å². The Morgan fingerprint density at radius 2 is 2.12 bits per heavy atom. The molecule has 0 amide bonds. The van der Waals surface area contributed by atoms with Crippen LogP contribution in [0.4, 0.5) is 0 Å². The van der Waals surface area contributed by atoms with Gasteiger partial charge in [-0.25, -0.2) is 0 Å². The molecule has 0 heterocycles. The molecule has 0 aliphatic heterocycles. The molecule has 2 atom stereocenters. The molecule has 50 valence electrons. The van der Waals surface area contributed by atoms with Crippen LogP contribution in [0.1, 0.15) is 26.7 Å². The van der Waals surface area contributed by atoms with E-state index in [0.29, 0.717) is 5.92 Å². The Morgan fingerprint density at radius 3 is 2.25 bits per heavy atom. The number of aliphatic hydroxyl groups excluding tert-OH is 1. The van der Waals surface area contributed by atoms with Gasteiger partial charge in [0.15, 0.2) is 0 Å². The maximum absolute atomic E-state index is 8.82. The van der Waals surface area contributed by atoms with E-state index in [1.165, 1.54) is 0 Å². The quantitative estimate of drug-likeness (QED) is 0.444. The first-order valence-electron chi connectivity index (χ1n) is 3.04. The van der Waals surface area contributed by atoms with Gasteiger partial charge in [0.05, 0.1) is 5.44 Å². The molecule has 0 aromatic carbocycles. The molecular formula is C6H14OS. The summed E-state index contributed by atoms with van der Waals surface area (Å²) in [6.07, 6.45) is 2.18. The van der Waals surface area contributed by atoms with Crippen molar-refractivity contribution in [2.45, 2.75) is 32.1 Å². The molecule has 1 N–H and O–H groups in total. The molecule has 2 heteroatoms. The minimum absolute atomic E-state index is 0.336. The van der Waals surface area contributed by atoms with Crippen LogP contribution in [0.2, 0.25) is 0 Å². The summed E-state index contributed by atoms with van der Waals surface area (Å²) < 4.78 is 0. The molecule has 0 fully saturated rings. The number of aliphatic hydroxyl groups is 1. The van der Waals surface area contributed by atoms with Gasteiger partial charge < -0.3 is 5.11 Å². The Labute approximate surface area is 56.5 Å². The first kappa shape index (κ1) is 8.31. The molecule has 0 aliphatic carbocycles. The van der Waals surface area contributed by atoms with E-state index in [0.717, 1.165) is 12.8 Å². The fourth-order valence-corrected chi connectivity index (χ4v) is 0.753. The van der Waals surface area contributed by atoms with Crippen molar-refractivity contribution in [2.24, 2.45) is 5.92 Å². The van der Waals surface area contributed by atoms with Crippen LogP contribution in [0.3, 0.4) is 0 Å². The van der Waals surface area contributed by atoms with Gasteiger partial charge >= 0.3 is 0 Å². The van der Waals surface area contributed by atoms with E-state index in [9.17, 15) is 0 Å². The highest BCUT2D eigenvalue weighted by Crippen LogP contribution is 2.12. The molecule has 2 unspecified atom stereocenters. The largest absolute Gasteiger partial charge is 0.382 e. The molecule has 0 aliphatic rings. The monoisotopic (exact) mass is 134 g/mol. The van der Waals surface area contributed by atoms with Crippen molar-refractivity contribution in [1.29, 1.82) is 0 Å². The Balaban J connectivity index is 3.17. The molecule has 0 rings (SSSR count). The Kier molecular flexibility index (Phi) is 4.38. The normalized spacial score (nSPS) is 18.0. The summed E-state index contributed by atoms with van der Waals surface area (Å²) in [5, 5.41) is 8.82. The lowest BCUT2D eigenvalue weighted by Gasteiger charge is -2.10. The van der Waals surface area contributed by atoms with Crippen LogP contribution >= 0.6 is 12.6 Å². The van der Waals surface area contributed by atoms with Crippen molar-refractivity contribution >= 4 is 12.6 Å². The van der Waals surface area contributed by atoms with Gasteiger partial charge in [-0.15, -0.1) is 12.6 Å². The second kappa shape index (κ2) is 4.21. The number of rotatable bonds is 3. The fraction of sp³-hybridized carbons (Fsp3) is 1.00. The summed E-state index contributed by atoms with van der Waals surface area (Å²) in [7, 11) is 0. The molecular weight excluding hydrogens is 120 g/mol. The maximum atomic E-state index is 8.82. The molecule has 8 heavy (non-hydrogen) atoms. The van der Waals surface area contributed by atoms with Crippen molar-refractivity contribution in [3.8, 4) is 0 Å². The van der Waals surface area contributed by atoms with Crippen LogP contribution < -0.4 is 0 Å². The molecule has 0 radical (unpaired) electrons. The van der Waals surface area contributed by atoms with E-state index in [-0.39, 0.29) is 0 Å². The highest BCUT2D eigenvalue weighted by atomic mass is 32.1. The SMILES string of the molecule is CCCC(C)C(O)S. The Morgan fingerprint density at radius 1 is 1.62 bits per heavy atom. The van der Waals surface area contributed by atoms with Crippen molar-refractivity contribution < 1.29 is 5.11 Å². The van der Waals surface area contributed by atoms with Gasteiger partial charge in [-0.1, -0.05) is 20.3 Å². The van der Waals surface area contributed by atoms with Gasteiger partial charge in [0.2, 0.25) is 0 Å². The molecule has 0 aromatic heterocycles.